The fraction of sp³-hybridized carbons (Fsp3) is 0.237. The molecule has 0 unspecified atom stereocenters. The van der Waals surface area contributed by atoms with Crippen LogP contribution in [0.1, 0.15) is 49.3 Å². The number of hydrogen-bond donors (Lipinski definition) is 0. The number of allylic oxidation sites excluding steroid dienone is 1. The van der Waals surface area contributed by atoms with Crippen molar-refractivity contribution in [1.82, 2.24) is 0 Å². The summed E-state index contributed by atoms with van der Waals surface area (Å²) >= 11 is 0. The summed E-state index contributed by atoms with van der Waals surface area (Å²) in [5, 5.41) is 0. The zero-order valence-corrected chi connectivity index (χ0v) is 24.3. The van der Waals surface area contributed by atoms with E-state index in [0.29, 0.717) is 6.29 Å². The molecule has 0 aliphatic carbocycles. The predicted molar refractivity (Wildman–Crippen MR) is 171 cm³/mol. The topological polar surface area (TPSA) is 35.5 Å². The molecule has 0 N–H and O–H groups in total. The van der Waals surface area contributed by atoms with Crippen LogP contribution in [0.15, 0.2) is 110 Å². The first kappa shape index (κ1) is 31.1. The number of benzene rings is 4. The predicted octanol–water partition coefficient (Wildman–Crippen LogP) is 8.94. The van der Waals surface area contributed by atoms with Gasteiger partial charge >= 0.3 is 0 Å². The van der Waals surface area contributed by atoms with Crippen LogP contribution in [0.2, 0.25) is 0 Å². The molecule has 3 nitrogen and oxygen atoms in total. The number of hydrogen-bond acceptors (Lipinski definition) is 3. The molecule has 3 heteroatoms. The molecule has 0 saturated heterocycles. The van der Waals surface area contributed by atoms with Gasteiger partial charge in [-0.2, -0.15) is 0 Å². The number of rotatable bonds is 12. The molecule has 4 aromatic rings. The number of aryl methyl sites for hydroxylation is 1. The van der Waals surface area contributed by atoms with Crippen molar-refractivity contribution in [2.45, 2.75) is 39.0 Å². The highest BCUT2D eigenvalue weighted by Crippen LogP contribution is 2.26. The van der Waals surface area contributed by atoms with Crippen molar-refractivity contribution in [3.63, 3.8) is 0 Å². The zero-order chi connectivity index (χ0) is 29.1. The Kier molecular flexibility index (Phi) is 13.7. The molecule has 0 aliphatic rings. The Morgan fingerprint density at radius 3 is 1.49 bits per heavy atom. The molecule has 210 valence electrons. The molecular weight excluding hydrogens is 504 g/mol. The first-order valence-electron chi connectivity index (χ1n) is 14.3. The van der Waals surface area contributed by atoms with E-state index in [9.17, 15) is 0 Å². The molecule has 0 heterocycles. The number of carbonyl (C=O) groups excluding carboxylic acids is 1. The van der Waals surface area contributed by atoms with Crippen molar-refractivity contribution in [2.75, 3.05) is 20.3 Å². The van der Waals surface area contributed by atoms with Gasteiger partial charge in [-0.05, 0) is 96.0 Å². The molecule has 0 spiro atoms. The molecule has 0 atom stereocenters. The van der Waals surface area contributed by atoms with Crippen LogP contribution >= 0.6 is 0 Å². The Balaban J connectivity index is 0.00000108. The highest BCUT2D eigenvalue weighted by molar-refractivity contribution is 5.71. The van der Waals surface area contributed by atoms with Crippen molar-refractivity contribution in [3.05, 3.63) is 126 Å². The van der Waals surface area contributed by atoms with Gasteiger partial charge in [0, 0.05) is 24.8 Å². The minimum Gasteiger partial charge on any atom is -0.494 e. The van der Waals surface area contributed by atoms with Crippen LogP contribution in [0.4, 0.5) is 0 Å². The van der Waals surface area contributed by atoms with E-state index in [1.165, 1.54) is 46.7 Å². The molecule has 4 rings (SSSR count). The van der Waals surface area contributed by atoms with Gasteiger partial charge in [0.05, 0.1) is 6.61 Å². The molecule has 0 bridgehead atoms. The van der Waals surface area contributed by atoms with E-state index in [-0.39, 0.29) is 0 Å². The van der Waals surface area contributed by atoms with Crippen LogP contribution in [0.3, 0.4) is 0 Å². The number of unbranched alkanes of at least 4 members (excludes halogenated alkanes) is 3. The van der Waals surface area contributed by atoms with Gasteiger partial charge in [-0.3, -0.25) is 4.79 Å². The molecular formula is C38H40O3. The van der Waals surface area contributed by atoms with Crippen molar-refractivity contribution < 1.29 is 14.3 Å². The van der Waals surface area contributed by atoms with E-state index in [1.807, 2.05) is 0 Å². The lowest BCUT2D eigenvalue weighted by atomic mass is 9.99. The zero-order valence-electron chi connectivity index (χ0n) is 24.3. The van der Waals surface area contributed by atoms with Crippen molar-refractivity contribution in [3.8, 4) is 39.8 Å². The van der Waals surface area contributed by atoms with E-state index >= 15 is 0 Å². The van der Waals surface area contributed by atoms with E-state index in [4.69, 9.17) is 14.3 Å². The molecule has 0 radical (unpaired) electrons. The summed E-state index contributed by atoms with van der Waals surface area (Å²) in [5.74, 6) is 7.46. The Bertz CT molecular complexity index is 1370. The molecule has 0 amide bonds. The summed E-state index contributed by atoms with van der Waals surface area (Å²) in [6.07, 6.45) is 7.45. The summed E-state index contributed by atoms with van der Waals surface area (Å²) < 4.78 is 11.0. The first-order chi connectivity index (χ1) is 20.2. The molecule has 0 aliphatic heterocycles. The minimum absolute atomic E-state index is 0.639. The second kappa shape index (κ2) is 18.1. The monoisotopic (exact) mass is 544 g/mol. The highest BCUT2D eigenvalue weighted by Gasteiger charge is 2.02. The maximum atomic E-state index is 9.06. The lowest BCUT2D eigenvalue weighted by Crippen LogP contribution is -1.97. The quantitative estimate of drug-likeness (QED) is 0.0773. The van der Waals surface area contributed by atoms with Crippen molar-refractivity contribution >= 4 is 6.29 Å². The van der Waals surface area contributed by atoms with E-state index in [2.05, 4.69) is 122 Å². The fourth-order valence-corrected chi connectivity index (χ4v) is 4.20. The van der Waals surface area contributed by atoms with Crippen LogP contribution in [-0.4, -0.2) is 26.6 Å². The summed E-state index contributed by atoms with van der Waals surface area (Å²) in [4.78, 5) is 9.06. The molecule has 0 aromatic heterocycles. The van der Waals surface area contributed by atoms with E-state index in [1.54, 1.807) is 7.11 Å². The summed E-state index contributed by atoms with van der Waals surface area (Å²) in [6, 6.07) is 34.0. The third-order valence-corrected chi connectivity index (χ3v) is 6.61. The highest BCUT2D eigenvalue weighted by atomic mass is 16.5. The Morgan fingerprint density at radius 2 is 1.05 bits per heavy atom. The van der Waals surface area contributed by atoms with Crippen molar-refractivity contribution in [1.29, 1.82) is 0 Å². The Hall–Kier alpha value is -4.39. The van der Waals surface area contributed by atoms with Crippen LogP contribution in [-0.2, 0) is 16.0 Å². The van der Waals surface area contributed by atoms with Crippen LogP contribution in [0.25, 0.3) is 22.3 Å². The summed E-state index contributed by atoms with van der Waals surface area (Å²) in [7, 11) is 1.75. The number of carbonyl (C=O) groups is 1. The largest absolute Gasteiger partial charge is 0.494 e. The smallest absolute Gasteiger partial charge is 0.142 e. The Morgan fingerprint density at radius 1 is 0.634 bits per heavy atom. The van der Waals surface area contributed by atoms with Crippen LogP contribution in [0.5, 0.6) is 5.75 Å². The summed E-state index contributed by atoms with van der Waals surface area (Å²) in [6.45, 7) is 6.88. The van der Waals surface area contributed by atoms with Gasteiger partial charge in [-0.1, -0.05) is 92.4 Å². The SMILES string of the molecule is C=CC=O.CCc1ccc(C#Cc2ccc(-c3ccc(-c4ccc(OCCCCCCOC)cc4)cc3)cc2)cc1. The van der Waals surface area contributed by atoms with E-state index < -0.39 is 0 Å². The average molecular weight is 545 g/mol. The lowest BCUT2D eigenvalue weighted by Gasteiger charge is -2.08. The van der Waals surface area contributed by atoms with Gasteiger partial charge in [0.25, 0.3) is 0 Å². The number of aldehydes is 1. The maximum absolute atomic E-state index is 9.06. The molecule has 0 fully saturated rings. The summed E-state index contributed by atoms with van der Waals surface area (Å²) in [5.41, 5.74) is 8.18. The Labute approximate surface area is 245 Å². The second-order valence-electron chi connectivity index (χ2n) is 9.61. The lowest BCUT2D eigenvalue weighted by molar-refractivity contribution is -0.104. The first-order valence-corrected chi connectivity index (χ1v) is 14.3. The number of methoxy groups -OCH3 is 1. The van der Waals surface area contributed by atoms with Crippen LogP contribution < -0.4 is 4.74 Å². The normalized spacial score (nSPS) is 10.0. The second-order valence-corrected chi connectivity index (χ2v) is 9.61. The average Bonchev–Trinajstić information content (AvgIpc) is 3.04. The van der Waals surface area contributed by atoms with Gasteiger partial charge in [-0.15, -0.1) is 0 Å². The molecule has 4 aromatic carbocycles. The van der Waals surface area contributed by atoms with Gasteiger partial charge in [0.1, 0.15) is 12.0 Å². The van der Waals surface area contributed by atoms with E-state index in [0.717, 1.165) is 49.4 Å². The standard InChI is InChI=1S/C35H36O2.C3H4O/c1-3-28-8-10-29(11-9-28)12-13-30-14-16-31(17-15-30)32-18-20-33(21-19-32)34-22-24-35(25-23-34)37-27-7-5-4-6-26-36-2;1-2-3-4/h8-11,14-25H,3-7,26-27H2,1-2H3;2-3H,1H2. The van der Waals surface area contributed by atoms with Gasteiger partial charge in [-0.25, -0.2) is 0 Å². The van der Waals surface area contributed by atoms with Crippen molar-refractivity contribution in [2.24, 2.45) is 0 Å². The third kappa shape index (κ3) is 11.0. The van der Waals surface area contributed by atoms with Crippen LogP contribution in [0, 0.1) is 11.8 Å². The molecule has 41 heavy (non-hydrogen) atoms. The van der Waals surface area contributed by atoms with Gasteiger partial charge in [0.2, 0.25) is 0 Å². The fourth-order valence-electron chi connectivity index (χ4n) is 4.20. The van der Waals surface area contributed by atoms with Gasteiger partial charge < -0.3 is 9.47 Å². The maximum Gasteiger partial charge on any atom is 0.142 e. The number of ether oxygens (including phenoxy) is 2. The molecule has 0 saturated carbocycles. The van der Waals surface area contributed by atoms with Gasteiger partial charge in [0.15, 0.2) is 0 Å². The minimum atomic E-state index is 0.639. The third-order valence-electron chi connectivity index (χ3n) is 6.61.